The molecule has 8 heteroatoms. The van der Waals surface area contributed by atoms with Crippen LogP contribution in [0.1, 0.15) is 22.8 Å². The van der Waals surface area contributed by atoms with Gasteiger partial charge in [-0.2, -0.15) is 5.10 Å². The average molecular weight is 460 g/mol. The third-order valence-corrected chi connectivity index (χ3v) is 5.58. The number of carbonyl (C=O) groups excluding carboxylic acids is 2. The maximum Gasteiger partial charge on any atom is 0.252 e. The van der Waals surface area contributed by atoms with Gasteiger partial charge in [0, 0.05) is 17.5 Å². The van der Waals surface area contributed by atoms with Crippen molar-refractivity contribution in [1.82, 2.24) is 15.5 Å². The minimum absolute atomic E-state index is 0.00704. The number of halogens is 2. The second kappa shape index (κ2) is 9.27. The van der Waals surface area contributed by atoms with Crippen molar-refractivity contribution in [3.8, 4) is 22.5 Å². The fraction of sp³-hybridized carbons (Fsp3) is 0.115. The number of benzene rings is 3. The summed E-state index contributed by atoms with van der Waals surface area (Å²) in [4.78, 5) is 25.5. The van der Waals surface area contributed by atoms with E-state index in [4.69, 9.17) is 5.73 Å². The molecule has 34 heavy (non-hydrogen) atoms. The van der Waals surface area contributed by atoms with Crippen LogP contribution in [0.3, 0.4) is 0 Å². The zero-order chi connectivity index (χ0) is 24.3. The number of nitrogens with two attached hydrogens (primary N) is 1. The Morgan fingerprint density at radius 2 is 1.71 bits per heavy atom. The molecule has 1 aromatic heterocycles. The Labute approximate surface area is 194 Å². The van der Waals surface area contributed by atoms with E-state index >= 15 is 0 Å². The lowest BCUT2D eigenvalue weighted by molar-refractivity contribution is -0.123. The number of primary amides is 1. The normalized spacial score (nSPS) is 12.7. The Bertz CT molecular complexity index is 1340. The summed E-state index contributed by atoms with van der Waals surface area (Å²) in [5, 5.41) is 9.60. The van der Waals surface area contributed by atoms with Gasteiger partial charge in [0.15, 0.2) is 0 Å². The second-order valence-electron chi connectivity index (χ2n) is 8.15. The SMILES string of the molecule is C[C@@](Cc1ccccc1)(NC(=O)c1cccc(F)c1-c1cc(-c2ccc(F)cc2)n[nH]1)C(N)=O. The van der Waals surface area contributed by atoms with E-state index in [1.54, 1.807) is 18.2 Å². The van der Waals surface area contributed by atoms with Gasteiger partial charge < -0.3 is 11.1 Å². The summed E-state index contributed by atoms with van der Waals surface area (Å²) in [6, 6.07) is 20.5. The number of aromatic amines is 1. The lowest BCUT2D eigenvalue weighted by atomic mass is 9.91. The summed E-state index contributed by atoms with van der Waals surface area (Å²) < 4.78 is 28.2. The smallest absolute Gasteiger partial charge is 0.252 e. The number of aromatic nitrogens is 2. The number of hydrogen-bond acceptors (Lipinski definition) is 3. The Morgan fingerprint density at radius 1 is 1.00 bits per heavy atom. The zero-order valence-corrected chi connectivity index (χ0v) is 18.3. The molecule has 4 aromatic rings. The predicted molar refractivity (Wildman–Crippen MR) is 125 cm³/mol. The standard InChI is InChI=1S/C26H22F2N4O2/c1-26(25(29)34,15-16-6-3-2-4-7-16)30-24(33)19-8-5-9-20(28)23(19)22-14-21(31-32-22)17-10-12-18(27)13-11-17/h2-14H,15H2,1H3,(H2,29,34)(H,30,33)(H,31,32)/t26-/m0/s1. The van der Waals surface area contributed by atoms with Crippen LogP contribution in [-0.4, -0.2) is 27.6 Å². The Hall–Kier alpha value is -4.33. The van der Waals surface area contributed by atoms with Gasteiger partial charge in [-0.1, -0.05) is 36.4 Å². The molecule has 0 radical (unpaired) electrons. The van der Waals surface area contributed by atoms with Gasteiger partial charge in [0.25, 0.3) is 5.91 Å². The van der Waals surface area contributed by atoms with Gasteiger partial charge in [0.05, 0.1) is 17.0 Å². The van der Waals surface area contributed by atoms with Crippen LogP contribution in [0.4, 0.5) is 8.78 Å². The molecule has 3 aromatic carbocycles. The number of H-pyrrole nitrogens is 1. The molecule has 0 saturated carbocycles. The first-order valence-electron chi connectivity index (χ1n) is 10.5. The van der Waals surface area contributed by atoms with E-state index in [-0.39, 0.29) is 29.1 Å². The number of amides is 2. The second-order valence-corrected chi connectivity index (χ2v) is 8.15. The lowest BCUT2D eigenvalue weighted by Gasteiger charge is -2.28. The largest absolute Gasteiger partial charge is 0.368 e. The molecule has 0 saturated heterocycles. The first-order valence-corrected chi connectivity index (χ1v) is 10.5. The van der Waals surface area contributed by atoms with Crippen LogP contribution in [0.15, 0.2) is 78.9 Å². The Kier molecular flexibility index (Phi) is 6.23. The number of rotatable bonds is 7. The highest BCUT2D eigenvalue weighted by atomic mass is 19.1. The summed E-state index contributed by atoms with van der Waals surface area (Å²) in [6.07, 6.45) is 0.165. The maximum atomic E-state index is 14.9. The van der Waals surface area contributed by atoms with E-state index < -0.39 is 23.2 Å². The summed E-state index contributed by atoms with van der Waals surface area (Å²) in [6.45, 7) is 1.53. The van der Waals surface area contributed by atoms with Crippen LogP contribution in [-0.2, 0) is 11.2 Å². The van der Waals surface area contributed by atoms with Gasteiger partial charge in [-0.15, -0.1) is 0 Å². The molecule has 2 amide bonds. The maximum absolute atomic E-state index is 14.9. The van der Waals surface area contributed by atoms with Gasteiger partial charge in [0.2, 0.25) is 5.91 Å². The van der Waals surface area contributed by atoms with E-state index in [9.17, 15) is 18.4 Å². The molecule has 0 aliphatic carbocycles. The van der Waals surface area contributed by atoms with E-state index in [2.05, 4.69) is 15.5 Å². The molecular formula is C26H22F2N4O2. The molecule has 0 bridgehead atoms. The van der Waals surface area contributed by atoms with Crippen molar-refractivity contribution in [2.24, 2.45) is 5.73 Å². The molecule has 4 N–H and O–H groups in total. The summed E-state index contributed by atoms with van der Waals surface area (Å²) in [7, 11) is 0. The highest BCUT2D eigenvalue weighted by molar-refractivity contribution is 6.03. The fourth-order valence-electron chi connectivity index (χ4n) is 3.72. The average Bonchev–Trinajstić information content (AvgIpc) is 3.29. The fourth-order valence-corrected chi connectivity index (χ4v) is 3.72. The van der Waals surface area contributed by atoms with Crippen LogP contribution in [0.5, 0.6) is 0 Å². The lowest BCUT2D eigenvalue weighted by Crippen LogP contribution is -2.56. The molecule has 1 heterocycles. The third-order valence-electron chi connectivity index (χ3n) is 5.58. The Morgan fingerprint density at radius 3 is 2.38 bits per heavy atom. The van der Waals surface area contributed by atoms with Crippen LogP contribution < -0.4 is 11.1 Å². The highest BCUT2D eigenvalue weighted by Gasteiger charge is 2.34. The molecule has 172 valence electrons. The van der Waals surface area contributed by atoms with Crippen LogP contribution in [0.25, 0.3) is 22.5 Å². The molecule has 0 aliphatic rings. The van der Waals surface area contributed by atoms with Crippen molar-refractivity contribution in [3.05, 3.63) is 102 Å². The molecule has 0 aliphatic heterocycles. The Balaban J connectivity index is 1.67. The molecule has 1 atom stereocenters. The molecule has 6 nitrogen and oxygen atoms in total. The molecule has 0 fully saturated rings. The first-order chi connectivity index (χ1) is 16.3. The van der Waals surface area contributed by atoms with Crippen LogP contribution in [0.2, 0.25) is 0 Å². The summed E-state index contributed by atoms with van der Waals surface area (Å²) in [5.74, 6) is -2.42. The summed E-state index contributed by atoms with van der Waals surface area (Å²) >= 11 is 0. The van der Waals surface area contributed by atoms with E-state index in [0.717, 1.165) is 5.56 Å². The molecular weight excluding hydrogens is 438 g/mol. The van der Waals surface area contributed by atoms with Crippen molar-refractivity contribution in [3.63, 3.8) is 0 Å². The first kappa shape index (κ1) is 22.8. The topological polar surface area (TPSA) is 101 Å². The van der Waals surface area contributed by atoms with Crippen molar-refractivity contribution in [2.45, 2.75) is 18.9 Å². The monoisotopic (exact) mass is 460 g/mol. The van der Waals surface area contributed by atoms with Gasteiger partial charge >= 0.3 is 0 Å². The zero-order valence-electron chi connectivity index (χ0n) is 18.3. The minimum Gasteiger partial charge on any atom is -0.368 e. The van der Waals surface area contributed by atoms with E-state index in [1.165, 1.54) is 37.3 Å². The van der Waals surface area contributed by atoms with Crippen LogP contribution in [0, 0.1) is 11.6 Å². The number of hydrogen-bond donors (Lipinski definition) is 3. The number of nitrogens with one attached hydrogen (secondary N) is 2. The van der Waals surface area contributed by atoms with Gasteiger partial charge in [-0.25, -0.2) is 8.78 Å². The minimum atomic E-state index is -1.41. The third kappa shape index (κ3) is 4.71. The predicted octanol–water partition coefficient (Wildman–Crippen LogP) is 4.24. The molecule has 0 spiro atoms. The van der Waals surface area contributed by atoms with Gasteiger partial charge in [-0.05, 0) is 55.0 Å². The van der Waals surface area contributed by atoms with Gasteiger partial charge in [-0.3, -0.25) is 14.7 Å². The number of carbonyl (C=O) groups is 2. The summed E-state index contributed by atoms with van der Waals surface area (Å²) in [5.41, 5.74) is 6.36. The molecule has 0 unspecified atom stereocenters. The quantitative estimate of drug-likeness (QED) is 0.385. The van der Waals surface area contributed by atoms with Crippen molar-refractivity contribution >= 4 is 11.8 Å². The highest BCUT2D eigenvalue weighted by Crippen LogP contribution is 2.29. The van der Waals surface area contributed by atoms with Crippen LogP contribution >= 0.6 is 0 Å². The molecule has 4 rings (SSSR count). The van der Waals surface area contributed by atoms with Gasteiger partial charge in [0.1, 0.15) is 17.2 Å². The van der Waals surface area contributed by atoms with Crippen molar-refractivity contribution < 1.29 is 18.4 Å². The van der Waals surface area contributed by atoms with Crippen molar-refractivity contribution in [2.75, 3.05) is 0 Å². The van der Waals surface area contributed by atoms with Crippen molar-refractivity contribution in [1.29, 1.82) is 0 Å². The van der Waals surface area contributed by atoms with E-state index in [1.807, 2.05) is 30.3 Å². The van der Waals surface area contributed by atoms with E-state index in [0.29, 0.717) is 11.3 Å². The number of nitrogens with zero attached hydrogens (tertiary/aromatic N) is 1.